The molecule has 0 rings (SSSR count). The number of nitrogens with zero attached hydrogens (tertiary/aromatic N) is 1. The SMILES string of the molecule is C=C(C)/C=C(/Cl)C(=C)O/C(=C(/C=C(\O)C(=O)O)N(CCCC)CCCC)C(C)PC.CC. The minimum Gasteiger partial charge on any atom is -0.502 e. The molecule has 0 heterocycles. The molecule has 0 saturated heterocycles. The predicted molar refractivity (Wildman–Crippen MR) is 141 cm³/mol. The Morgan fingerprint density at radius 3 is 2.00 bits per heavy atom. The van der Waals surface area contributed by atoms with Gasteiger partial charge in [-0.1, -0.05) is 77.8 Å². The number of hydrogen-bond donors (Lipinski definition) is 2. The molecule has 0 aliphatic rings. The smallest absolute Gasteiger partial charge is 0.371 e. The van der Waals surface area contributed by atoms with Crippen molar-refractivity contribution in [3.05, 3.63) is 58.9 Å². The van der Waals surface area contributed by atoms with Gasteiger partial charge in [0.1, 0.15) is 11.5 Å². The van der Waals surface area contributed by atoms with Crippen LogP contribution in [0.5, 0.6) is 0 Å². The van der Waals surface area contributed by atoms with E-state index < -0.39 is 11.7 Å². The first-order valence-corrected chi connectivity index (χ1v) is 13.2. The van der Waals surface area contributed by atoms with E-state index in [1.807, 2.05) is 34.4 Å². The maximum Gasteiger partial charge on any atom is 0.371 e. The summed E-state index contributed by atoms with van der Waals surface area (Å²) in [4.78, 5) is 13.4. The molecule has 2 unspecified atom stereocenters. The van der Waals surface area contributed by atoms with Gasteiger partial charge in [0.15, 0.2) is 0 Å². The first kappa shape index (κ1) is 32.5. The van der Waals surface area contributed by atoms with E-state index in [4.69, 9.17) is 16.3 Å². The fraction of sp³-hybridized carbons (Fsp3) is 0.560. The lowest BCUT2D eigenvalue weighted by Gasteiger charge is -2.30. The van der Waals surface area contributed by atoms with Crippen molar-refractivity contribution < 1.29 is 19.7 Å². The normalized spacial score (nSPS) is 13.8. The van der Waals surface area contributed by atoms with Gasteiger partial charge >= 0.3 is 5.97 Å². The number of aliphatic carboxylic acids is 1. The highest BCUT2D eigenvalue weighted by Crippen LogP contribution is 2.32. The lowest BCUT2D eigenvalue weighted by molar-refractivity contribution is -0.135. The first-order valence-electron chi connectivity index (χ1n) is 11.3. The Kier molecular flexibility index (Phi) is 19.1. The highest BCUT2D eigenvalue weighted by Gasteiger charge is 2.22. The molecule has 0 fully saturated rings. The van der Waals surface area contributed by atoms with Crippen LogP contribution >= 0.6 is 20.2 Å². The van der Waals surface area contributed by atoms with Crippen LogP contribution in [0.3, 0.4) is 0 Å². The first-order chi connectivity index (χ1) is 15.1. The molecular weight excluding hydrogens is 445 g/mol. The van der Waals surface area contributed by atoms with Gasteiger partial charge < -0.3 is 19.8 Å². The fourth-order valence-electron chi connectivity index (χ4n) is 2.53. The number of carboxylic acid groups (broad SMARTS) is 1. The average Bonchev–Trinajstić information content (AvgIpc) is 2.76. The van der Waals surface area contributed by atoms with Gasteiger partial charge in [-0.05, 0) is 32.5 Å². The van der Waals surface area contributed by atoms with Gasteiger partial charge in [0.25, 0.3) is 0 Å². The van der Waals surface area contributed by atoms with Crippen LogP contribution in [0, 0.1) is 0 Å². The van der Waals surface area contributed by atoms with Crippen molar-refractivity contribution in [2.24, 2.45) is 0 Å². The van der Waals surface area contributed by atoms with Crippen molar-refractivity contribution in [2.45, 2.75) is 72.9 Å². The van der Waals surface area contributed by atoms with E-state index in [-0.39, 0.29) is 11.4 Å². The van der Waals surface area contributed by atoms with Crippen LogP contribution in [0.25, 0.3) is 0 Å². The second-order valence-electron chi connectivity index (χ2n) is 7.15. The van der Waals surface area contributed by atoms with Crippen molar-refractivity contribution >= 4 is 26.2 Å². The zero-order valence-electron chi connectivity index (χ0n) is 20.9. The molecule has 0 aliphatic heterocycles. The second kappa shape index (κ2) is 18.8. The van der Waals surface area contributed by atoms with E-state index in [1.54, 1.807) is 6.08 Å². The number of aliphatic hydroxyl groups is 1. The minimum atomic E-state index is -1.39. The highest BCUT2D eigenvalue weighted by molar-refractivity contribution is 7.38. The van der Waals surface area contributed by atoms with Crippen molar-refractivity contribution in [3.8, 4) is 0 Å². The monoisotopic (exact) mass is 487 g/mol. The average molecular weight is 488 g/mol. The molecule has 32 heavy (non-hydrogen) atoms. The molecule has 0 saturated carbocycles. The Bertz CT molecular complexity index is 690. The summed E-state index contributed by atoms with van der Waals surface area (Å²) in [6, 6.07) is 0. The number of unbranched alkanes of at least 4 members (excludes halogenated alkanes) is 2. The molecular formula is C25H43ClNO4P. The Morgan fingerprint density at radius 2 is 1.62 bits per heavy atom. The van der Waals surface area contributed by atoms with Crippen LogP contribution in [-0.4, -0.2) is 46.5 Å². The summed E-state index contributed by atoms with van der Waals surface area (Å²) >= 11 is 6.31. The second-order valence-corrected chi connectivity index (χ2v) is 9.00. The van der Waals surface area contributed by atoms with E-state index in [0.717, 1.165) is 44.3 Å². The zero-order chi connectivity index (χ0) is 25.3. The molecule has 7 heteroatoms. The van der Waals surface area contributed by atoms with E-state index in [9.17, 15) is 15.0 Å². The van der Waals surface area contributed by atoms with Crippen LogP contribution in [0.4, 0.5) is 0 Å². The Hall–Kier alpha value is -1.71. The summed E-state index contributed by atoms with van der Waals surface area (Å²) in [5, 5.41) is 19.6. The third-order valence-electron chi connectivity index (χ3n) is 4.35. The summed E-state index contributed by atoms with van der Waals surface area (Å²) in [5.74, 6) is -1.31. The summed E-state index contributed by atoms with van der Waals surface area (Å²) in [6.07, 6.45) is 6.79. The molecule has 5 nitrogen and oxygen atoms in total. The molecule has 0 bridgehead atoms. The standard InChI is InChI=1S/C23H37ClNO4P.C2H6/c1-8-10-12-25(13-11-9-2)20(15-21(26)23(27)28)22(18(6)30-7)29-17(5)19(24)14-16(3)4;1-2/h14-15,18,26,30H,3,5,8-13H2,1-2,4,6-7H3,(H,27,28);1-2H3/b19-14+,21-15-,22-20-;. The molecule has 0 amide bonds. The predicted octanol–water partition coefficient (Wildman–Crippen LogP) is 7.58. The molecule has 0 aromatic rings. The van der Waals surface area contributed by atoms with Crippen LogP contribution in [0.2, 0.25) is 0 Å². The lowest BCUT2D eigenvalue weighted by Crippen LogP contribution is -2.28. The number of halogens is 1. The van der Waals surface area contributed by atoms with Gasteiger partial charge in [-0.25, -0.2) is 4.79 Å². The molecule has 2 atom stereocenters. The van der Waals surface area contributed by atoms with Crippen LogP contribution in [0.15, 0.2) is 58.9 Å². The topological polar surface area (TPSA) is 70.0 Å². The summed E-state index contributed by atoms with van der Waals surface area (Å²) < 4.78 is 6.11. The van der Waals surface area contributed by atoms with Crippen LogP contribution < -0.4 is 0 Å². The molecule has 0 radical (unpaired) electrons. The molecule has 0 aromatic heterocycles. The molecule has 2 N–H and O–H groups in total. The van der Waals surface area contributed by atoms with Gasteiger partial charge in [-0.2, -0.15) is 0 Å². The molecule has 0 aliphatic carbocycles. The third-order valence-corrected chi connectivity index (χ3v) is 5.80. The van der Waals surface area contributed by atoms with Gasteiger partial charge in [-0.3, -0.25) is 0 Å². The number of rotatable bonds is 15. The summed E-state index contributed by atoms with van der Waals surface area (Å²) in [5.41, 5.74) is 1.30. The van der Waals surface area contributed by atoms with E-state index >= 15 is 0 Å². The molecule has 0 spiro atoms. The summed E-state index contributed by atoms with van der Waals surface area (Å²) in [6.45, 7) is 23.3. The number of allylic oxidation sites excluding steroid dienone is 5. The Morgan fingerprint density at radius 1 is 1.12 bits per heavy atom. The van der Waals surface area contributed by atoms with Gasteiger partial charge in [0.2, 0.25) is 5.76 Å². The number of ether oxygens (including phenoxy) is 1. The number of carboxylic acids is 1. The number of hydrogen-bond acceptors (Lipinski definition) is 4. The molecule has 184 valence electrons. The highest BCUT2D eigenvalue weighted by atomic mass is 35.5. The van der Waals surface area contributed by atoms with Crippen molar-refractivity contribution in [3.63, 3.8) is 0 Å². The molecule has 0 aromatic carbocycles. The third kappa shape index (κ3) is 13.0. The Balaban J connectivity index is 0. The maximum absolute atomic E-state index is 11.3. The van der Waals surface area contributed by atoms with Gasteiger partial charge in [-0.15, -0.1) is 8.58 Å². The number of carbonyl (C=O) groups is 1. The largest absolute Gasteiger partial charge is 0.502 e. The van der Waals surface area contributed by atoms with Gasteiger partial charge in [0.05, 0.1) is 10.7 Å². The van der Waals surface area contributed by atoms with Crippen molar-refractivity contribution in [2.75, 3.05) is 19.8 Å². The van der Waals surface area contributed by atoms with E-state index in [2.05, 4.69) is 31.9 Å². The Labute approximate surface area is 202 Å². The maximum atomic E-state index is 11.3. The van der Waals surface area contributed by atoms with Crippen LogP contribution in [-0.2, 0) is 9.53 Å². The minimum absolute atomic E-state index is 0.0188. The van der Waals surface area contributed by atoms with Crippen molar-refractivity contribution in [1.82, 2.24) is 4.90 Å². The fourth-order valence-corrected chi connectivity index (χ4v) is 3.23. The van der Waals surface area contributed by atoms with E-state index in [0.29, 0.717) is 25.1 Å². The van der Waals surface area contributed by atoms with E-state index in [1.165, 1.54) is 6.08 Å². The quantitative estimate of drug-likeness (QED) is 0.108. The summed E-state index contributed by atoms with van der Waals surface area (Å²) in [7, 11) is 0.493. The number of aliphatic hydroxyl groups excluding tert-OH is 1. The van der Waals surface area contributed by atoms with Gasteiger partial charge in [0, 0.05) is 24.8 Å². The van der Waals surface area contributed by atoms with Crippen molar-refractivity contribution in [1.29, 1.82) is 0 Å². The zero-order valence-corrected chi connectivity index (χ0v) is 22.7. The lowest BCUT2D eigenvalue weighted by atomic mass is 10.2. The van der Waals surface area contributed by atoms with Crippen LogP contribution in [0.1, 0.15) is 67.2 Å².